The van der Waals surface area contributed by atoms with Crippen molar-refractivity contribution in [2.75, 3.05) is 0 Å². The monoisotopic (exact) mass is 298 g/mol. The van der Waals surface area contributed by atoms with Gasteiger partial charge in [-0.25, -0.2) is 4.98 Å². The Morgan fingerprint density at radius 1 is 1.10 bits per heavy atom. The lowest BCUT2D eigenvalue weighted by Crippen LogP contribution is -1.86. The molecule has 4 aromatic rings. The highest BCUT2D eigenvalue weighted by molar-refractivity contribution is 7.23. The normalized spacial score (nSPS) is 11.5. The van der Waals surface area contributed by atoms with Crippen LogP contribution in [0.2, 0.25) is 5.02 Å². The number of benzene rings is 2. The first-order chi connectivity index (χ1) is 9.72. The van der Waals surface area contributed by atoms with E-state index < -0.39 is 0 Å². The molecule has 0 bridgehead atoms. The minimum Gasteiger partial charge on any atom is -0.283 e. The molecule has 0 aliphatic carbocycles. The fourth-order valence-electron chi connectivity index (χ4n) is 2.42. The summed E-state index contributed by atoms with van der Waals surface area (Å²) in [6, 6.07) is 14.5. The second-order valence-corrected chi connectivity index (χ2v) is 6.29. The van der Waals surface area contributed by atoms with E-state index in [9.17, 15) is 0 Å². The maximum Gasteiger partial charge on any atom is 0.195 e. The Kier molecular flexibility index (Phi) is 2.59. The van der Waals surface area contributed by atoms with Crippen molar-refractivity contribution in [1.82, 2.24) is 9.38 Å². The summed E-state index contributed by atoms with van der Waals surface area (Å²) in [5, 5.41) is 0.751. The van der Waals surface area contributed by atoms with Gasteiger partial charge in [0.15, 0.2) is 4.96 Å². The first-order valence-electron chi connectivity index (χ1n) is 6.35. The third-order valence-electron chi connectivity index (χ3n) is 3.44. The van der Waals surface area contributed by atoms with Crippen LogP contribution in [0.3, 0.4) is 0 Å². The molecule has 4 rings (SSSR count). The smallest absolute Gasteiger partial charge is 0.195 e. The van der Waals surface area contributed by atoms with Gasteiger partial charge in [-0.3, -0.25) is 4.40 Å². The van der Waals surface area contributed by atoms with Crippen LogP contribution < -0.4 is 0 Å². The molecule has 0 spiro atoms. The standard InChI is InChI=1S/C16H11ClN2S/c1-10-2-4-11(5-3-10)14-9-18-16-19(14)13-8-12(17)6-7-15(13)20-16/h2-9H,1H3. The lowest BCUT2D eigenvalue weighted by atomic mass is 10.1. The van der Waals surface area contributed by atoms with Gasteiger partial charge in [0, 0.05) is 10.6 Å². The van der Waals surface area contributed by atoms with Crippen molar-refractivity contribution in [2.24, 2.45) is 0 Å². The van der Waals surface area contributed by atoms with Crippen LogP contribution in [0.4, 0.5) is 0 Å². The molecular formula is C16H11ClN2S. The van der Waals surface area contributed by atoms with Gasteiger partial charge in [-0.2, -0.15) is 0 Å². The van der Waals surface area contributed by atoms with Gasteiger partial charge in [-0.05, 0) is 25.1 Å². The van der Waals surface area contributed by atoms with E-state index >= 15 is 0 Å². The number of aryl methyl sites for hydroxylation is 1. The number of rotatable bonds is 1. The average molecular weight is 299 g/mol. The number of aromatic nitrogens is 2. The quantitative estimate of drug-likeness (QED) is 0.473. The van der Waals surface area contributed by atoms with Gasteiger partial charge < -0.3 is 0 Å². The fourth-order valence-corrected chi connectivity index (χ4v) is 3.56. The first-order valence-corrected chi connectivity index (χ1v) is 7.54. The molecule has 0 amide bonds. The molecule has 2 heterocycles. The van der Waals surface area contributed by atoms with Gasteiger partial charge in [0.1, 0.15) is 0 Å². The number of nitrogens with zero attached hydrogens (tertiary/aromatic N) is 2. The van der Waals surface area contributed by atoms with E-state index in [1.807, 2.05) is 18.3 Å². The van der Waals surface area contributed by atoms with Crippen molar-refractivity contribution in [3.63, 3.8) is 0 Å². The maximum atomic E-state index is 6.13. The summed E-state index contributed by atoms with van der Waals surface area (Å²) < 4.78 is 3.38. The van der Waals surface area contributed by atoms with E-state index in [2.05, 4.69) is 46.6 Å². The third-order valence-corrected chi connectivity index (χ3v) is 4.71. The third kappa shape index (κ3) is 1.74. The fraction of sp³-hybridized carbons (Fsp3) is 0.0625. The molecule has 20 heavy (non-hydrogen) atoms. The summed E-state index contributed by atoms with van der Waals surface area (Å²) in [7, 11) is 0. The maximum absolute atomic E-state index is 6.13. The minimum absolute atomic E-state index is 0.751. The zero-order valence-corrected chi connectivity index (χ0v) is 12.4. The molecule has 4 heteroatoms. The van der Waals surface area contributed by atoms with Gasteiger partial charge in [0.05, 0.1) is 22.1 Å². The Morgan fingerprint density at radius 3 is 2.70 bits per heavy atom. The SMILES string of the molecule is Cc1ccc(-c2cnc3sc4ccc(Cl)cc4n23)cc1. The lowest BCUT2D eigenvalue weighted by Gasteiger charge is -2.02. The molecule has 0 fully saturated rings. The van der Waals surface area contributed by atoms with E-state index in [1.165, 1.54) is 15.8 Å². The molecular weight excluding hydrogens is 288 g/mol. The number of fused-ring (bicyclic) bond motifs is 3. The first kappa shape index (κ1) is 11.9. The Morgan fingerprint density at radius 2 is 1.90 bits per heavy atom. The predicted molar refractivity (Wildman–Crippen MR) is 85.8 cm³/mol. The molecule has 0 atom stereocenters. The van der Waals surface area contributed by atoms with Gasteiger partial charge in [0.25, 0.3) is 0 Å². The summed E-state index contributed by atoms with van der Waals surface area (Å²) in [5.74, 6) is 0. The summed E-state index contributed by atoms with van der Waals surface area (Å²) in [5.41, 5.74) is 4.65. The van der Waals surface area contributed by atoms with Crippen LogP contribution in [-0.4, -0.2) is 9.38 Å². The van der Waals surface area contributed by atoms with Crippen molar-refractivity contribution in [3.8, 4) is 11.3 Å². The largest absolute Gasteiger partial charge is 0.283 e. The van der Waals surface area contributed by atoms with Crippen molar-refractivity contribution >= 4 is 38.1 Å². The van der Waals surface area contributed by atoms with Crippen molar-refractivity contribution < 1.29 is 0 Å². The summed E-state index contributed by atoms with van der Waals surface area (Å²) >= 11 is 7.82. The second kappa shape index (κ2) is 4.33. The number of hydrogen-bond acceptors (Lipinski definition) is 2. The Hall–Kier alpha value is -1.84. The highest BCUT2D eigenvalue weighted by Crippen LogP contribution is 2.32. The number of halogens is 1. The van der Waals surface area contributed by atoms with Gasteiger partial charge in [-0.1, -0.05) is 52.8 Å². The molecule has 0 unspecified atom stereocenters. The van der Waals surface area contributed by atoms with Crippen LogP contribution in [0.25, 0.3) is 26.4 Å². The molecule has 0 saturated heterocycles. The van der Waals surface area contributed by atoms with Crippen molar-refractivity contribution in [2.45, 2.75) is 6.92 Å². The minimum atomic E-state index is 0.751. The molecule has 0 saturated carbocycles. The van der Waals surface area contributed by atoms with Gasteiger partial charge in [0.2, 0.25) is 0 Å². The van der Waals surface area contributed by atoms with Crippen LogP contribution in [0.5, 0.6) is 0 Å². The average Bonchev–Trinajstić information content (AvgIpc) is 2.99. The van der Waals surface area contributed by atoms with E-state index in [0.29, 0.717) is 0 Å². The van der Waals surface area contributed by atoms with Crippen LogP contribution in [0.15, 0.2) is 48.7 Å². The topological polar surface area (TPSA) is 17.3 Å². The summed E-state index contributed by atoms with van der Waals surface area (Å²) in [6.07, 6.45) is 1.93. The highest BCUT2D eigenvalue weighted by Gasteiger charge is 2.12. The predicted octanol–water partition coefficient (Wildman–Crippen LogP) is 5.18. The molecule has 0 aliphatic rings. The summed E-state index contributed by atoms with van der Waals surface area (Å²) in [6.45, 7) is 2.09. The van der Waals surface area contributed by atoms with Crippen molar-refractivity contribution in [3.05, 3.63) is 59.2 Å². The number of thiazole rings is 1. The molecule has 0 aliphatic heterocycles. The second-order valence-electron chi connectivity index (χ2n) is 4.84. The summed E-state index contributed by atoms with van der Waals surface area (Å²) in [4.78, 5) is 5.52. The molecule has 2 aromatic heterocycles. The Labute approximate surface area is 125 Å². The van der Waals surface area contributed by atoms with Gasteiger partial charge in [-0.15, -0.1) is 0 Å². The zero-order chi connectivity index (χ0) is 13.7. The molecule has 0 radical (unpaired) electrons. The van der Waals surface area contributed by atoms with E-state index in [1.54, 1.807) is 11.3 Å². The molecule has 2 aromatic carbocycles. The van der Waals surface area contributed by atoms with Crippen LogP contribution in [-0.2, 0) is 0 Å². The number of hydrogen-bond donors (Lipinski definition) is 0. The molecule has 0 N–H and O–H groups in total. The van der Waals surface area contributed by atoms with Crippen LogP contribution in [0, 0.1) is 6.92 Å². The highest BCUT2D eigenvalue weighted by atomic mass is 35.5. The van der Waals surface area contributed by atoms with Gasteiger partial charge >= 0.3 is 0 Å². The number of imidazole rings is 1. The van der Waals surface area contributed by atoms with Crippen molar-refractivity contribution in [1.29, 1.82) is 0 Å². The Balaban J connectivity index is 2.06. The zero-order valence-electron chi connectivity index (χ0n) is 10.8. The van der Waals surface area contributed by atoms with Crippen LogP contribution >= 0.6 is 22.9 Å². The molecule has 2 nitrogen and oxygen atoms in total. The van der Waals surface area contributed by atoms with E-state index in [-0.39, 0.29) is 0 Å². The molecule has 98 valence electrons. The van der Waals surface area contributed by atoms with E-state index in [0.717, 1.165) is 21.2 Å². The lowest BCUT2D eigenvalue weighted by molar-refractivity contribution is 1.29. The van der Waals surface area contributed by atoms with Crippen LogP contribution in [0.1, 0.15) is 5.56 Å². The Bertz CT molecular complexity index is 919. The van der Waals surface area contributed by atoms with E-state index in [4.69, 9.17) is 11.6 Å².